The lowest BCUT2D eigenvalue weighted by Crippen LogP contribution is -2.39. The summed E-state index contributed by atoms with van der Waals surface area (Å²) in [4.78, 5) is 14.6. The molecule has 1 saturated carbocycles. The topological polar surface area (TPSA) is 38.1 Å². The van der Waals surface area contributed by atoms with Gasteiger partial charge < -0.3 is 4.90 Å². The van der Waals surface area contributed by atoms with E-state index in [1.54, 1.807) is 0 Å². The van der Waals surface area contributed by atoms with E-state index in [-0.39, 0.29) is 0 Å². The molecule has 1 aromatic heterocycles. The zero-order chi connectivity index (χ0) is 13.5. The summed E-state index contributed by atoms with van der Waals surface area (Å²) in [6.07, 6.45) is 9.45. The van der Waals surface area contributed by atoms with E-state index < -0.39 is 0 Å². The third-order valence-electron chi connectivity index (χ3n) is 5.30. The number of aromatic nitrogens is 2. The summed E-state index contributed by atoms with van der Waals surface area (Å²) in [7, 11) is 0. The molecule has 108 valence electrons. The molecule has 0 atom stereocenters. The summed E-state index contributed by atoms with van der Waals surface area (Å²) in [6, 6.07) is 0. The summed E-state index contributed by atoms with van der Waals surface area (Å²) in [6.45, 7) is 2.53. The second-order valence-electron chi connectivity index (χ2n) is 6.62. The van der Waals surface area contributed by atoms with Crippen molar-refractivity contribution in [3.05, 3.63) is 17.0 Å². The second-order valence-corrected chi connectivity index (χ2v) is 6.62. The van der Waals surface area contributed by atoms with Gasteiger partial charge in [-0.2, -0.15) is 5.10 Å². The zero-order valence-electron chi connectivity index (χ0n) is 12.1. The number of carbonyl (C=O) groups is 1. The van der Waals surface area contributed by atoms with Crippen LogP contribution in [0.1, 0.15) is 55.5 Å². The first-order valence-corrected chi connectivity index (χ1v) is 8.16. The molecular formula is C16H23N3O. The maximum absolute atomic E-state index is 12.5. The molecule has 0 aromatic carbocycles. The smallest absolute Gasteiger partial charge is 0.223 e. The molecule has 0 bridgehead atoms. The molecule has 2 heterocycles. The zero-order valence-corrected chi connectivity index (χ0v) is 12.1. The van der Waals surface area contributed by atoms with Gasteiger partial charge >= 0.3 is 0 Å². The SMILES string of the molecule is O=C(CC1CCCC1)N1CCn2nc3c(c2C1)CCC3. The molecule has 0 spiro atoms. The third kappa shape index (κ3) is 2.05. The predicted molar refractivity (Wildman–Crippen MR) is 76.2 cm³/mol. The van der Waals surface area contributed by atoms with Crippen molar-refractivity contribution in [1.82, 2.24) is 14.7 Å². The molecule has 0 unspecified atom stereocenters. The van der Waals surface area contributed by atoms with Crippen LogP contribution < -0.4 is 0 Å². The Balaban J connectivity index is 1.47. The number of aryl methyl sites for hydroxylation is 1. The fourth-order valence-corrected chi connectivity index (χ4v) is 4.15. The number of amides is 1. The third-order valence-corrected chi connectivity index (χ3v) is 5.30. The van der Waals surface area contributed by atoms with Gasteiger partial charge in [-0.15, -0.1) is 0 Å². The number of nitrogens with zero attached hydrogens (tertiary/aromatic N) is 3. The summed E-state index contributed by atoms with van der Waals surface area (Å²) >= 11 is 0. The Bertz CT molecular complexity index is 528. The van der Waals surface area contributed by atoms with Crippen molar-refractivity contribution in [3.63, 3.8) is 0 Å². The average Bonchev–Trinajstić information content (AvgIpc) is 3.13. The molecule has 4 nitrogen and oxygen atoms in total. The lowest BCUT2D eigenvalue weighted by atomic mass is 10.0. The van der Waals surface area contributed by atoms with Crippen LogP contribution in [-0.2, 0) is 30.7 Å². The number of fused-ring (bicyclic) bond motifs is 3. The number of carbonyl (C=O) groups excluding carboxylic acids is 1. The van der Waals surface area contributed by atoms with E-state index in [4.69, 9.17) is 5.10 Å². The summed E-state index contributed by atoms with van der Waals surface area (Å²) in [5.41, 5.74) is 4.07. The van der Waals surface area contributed by atoms with Gasteiger partial charge in [0.25, 0.3) is 0 Å². The van der Waals surface area contributed by atoms with E-state index in [9.17, 15) is 4.79 Å². The van der Waals surface area contributed by atoms with Gasteiger partial charge in [-0.25, -0.2) is 0 Å². The number of hydrogen-bond donors (Lipinski definition) is 0. The first kappa shape index (κ1) is 12.4. The summed E-state index contributed by atoms with van der Waals surface area (Å²) in [5, 5.41) is 4.71. The van der Waals surface area contributed by atoms with Gasteiger partial charge in [-0.1, -0.05) is 12.8 Å². The van der Waals surface area contributed by atoms with Crippen LogP contribution in [0.2, 0.25) is 0 Å². The van der Waals surface area contributed by atoms with Crippen LogP contribution in [0, 0.1) is 5.92 Å². The molecule has 1 aliphatic heterocycles. The van der Waals surface area contributed by atoms with Crippen molar-refractivity contribution in [3.8, 4) is 0 Å². The maximum Gasteiger partial charge on any atom is 0.223 e. The molecular weight excluding hydrogens is 250 g/mol. The quantitative estimate of drug-likeness (QED) is 0.829. The highest BCUT2D eigenvalue weighted by atomic mass is 16.2. The van der Waals surface area contributed by atoms with Crippen LogP contribution in [0.3, 0.4) is 0 Å². The fourth-order valence-electron chi connectivity index (χ4n) is 4.15. The van der Waals surface area contributed by atoms with Crippen LogP contribution in [-0.4, -0.2) is 27.1 Å². The Morgan fingerprint density at radius 2 is 2.00 bits per heavy atom. The van der Waals surface area contributed by atoms with Crippen molar-refractivity contribution in [2.45, 2.75) is 64.5 Å². The first-order chi connectivity index (χ1) is 9.81. The minimum absolute atomic E-state index is 0.371. The lowest BCUT2D eigenvalue weighted by molar-refractivity contribution is -0.133. The molecule has 4 rings (SSSR count). The largest absolute Gasteiger partial charge is 0.335 e. The van der Waals surface area contributed by atoms with Crippen LogP contribution in [0.4, 0.5) is 0 Å². The Morgan fingerprint density at radius 3 is 2.85 bits per heavy atom. The van der Waals surface area contributed by atoms with Gasteiger partial charge in [0.1, 0.15) is 0 Å². The standard InChI is InChI=1S/C16H23N3O/c20-16(10-12-4-1-2-5-12)18-8-9-19-15(11-18)13-6-3-7-14(13)17-19/h12H,1-11H2. The molecule has 1 amide bonds. The normalized spacial score (nSPS) is 22.1. The highest BCUT2D eigenvalue weighted by Gasteiger charge is 2.29. The average molecular weight is 273 g/mol. The van der Waals surface area contributed by atoms with Gasteiger partial charge in [0.15, 0.2) is 0 Å². The van der Waals surface area contributed by atoms with Gasteiger partial charge in [0.2, 0.25) is 5.91 Å². The van der Waals surface area contributed by atoms with E-state index in [0.29, 0.717) is 11.8 Å². The van der Waals surface area contributed by atoms with Gasteiger partial charge in [-0.3, -0.25) is 9.48 Å². The maximum atomic E-state index is 12.5. The molecule has 2 aliphatic carbocycles. The van der Waals surface area contributed by atoms with Crippen LogP contribution >= 0.6 is 0 Å². The highest BCUT2D eigenvalue weighted by molar-refractivity contribution is 5.76. The Kier molecular flexibility index (Phi) is 3.04. The van der Waals surface area contributed by atoms with E-state index in [0.717, 1.165) is 38.9 Å². The van der Waals surface area contributed by atoms with E-state index >= 15 is 0 Å². The Hall–Kier alpha value is -1.32. The van der Waals surface area contributed by atoms with E-state index in [1.807, 2.05) is 0 Å². The minimum atomic E-state index is 0.371. The monoisotopic (exact) mass is 273 g/mol. The van der Waals surface area contributed by atoms with Crippen LogP contribution in [0.5, 0.6) is 0 Å². The van der Waals surface area contributed by atoms with Crippen LogP contribution in [0.25, 0.3) is 0 Å². The number of hydrogen-bond acceptors (Lipinski definition) is 2. The number of rotatable bonds is 2. The van der Waals surface area contributed by atoms with Gasteiger partial charge in [-0.05, 0) is 43.6 Å². The lowest BCUT2D eigenvalue weighted by Gasteiger charge is -2.29. The Morgan fingerprint density at radius 1 is 1.15 bits per heavy atom. The van der Waals surface area contributed by atoms with Crippen molar-refractivity contribution < 1.29 is 4.79 Å². The van der Waals surface area contributed by atoms with Crippen LogP contribution in [0.15, 0.2) is 0 Å². The molecule has 4 heteroatoms. The highest BCUT2D eigenvalue weighted by Crippen LogP contribution is 2.30. The van der Waals surface area contributed by atoms with Crippen molar-refractivity contribution >= 4 is 5.91 Å². The molecule has 0 N–H and O–H groups in total. The molecule has 3 aliphatic rings. The van der Waals surface area contributed by atoms with Gasteiger partial charge in [0, 0.05) is 13.0 Å². The fraction of sp³-hybridized carbons (Fsp3) is 0.750. The van der Waals surface area contributed by atoms with Gasteiger partial charge in [0.05, 0.1) is 24.5 Å². The molecule has 0 saturated heterocycles. The second kappa shape index (κ2) is 4.90. The molecule has 0 radical (unpaired) electrons. The Labute approximate surface area is 120 Å². The summed E-state index contributed by atoms with van der Waals surface area (Å²) < 4.78 is 2.16. The molecule has 1 fully saturated rings. The van der Waals surface area contributed by atoms with Crippen molar-refractivity contribution in [2.75, 3.05) is 6.54 Å². The summed E-state index contributed by atoms with van der Waals surface area (Å²) in [5.74, 6) is 1.02. The van der Waals surface area contributed by atoms with Crippen molar-refractivity contribution in [1.29, 1.82) is 0 Å². The predicted octanol–water partition coefficient (Wildman–Crippen LogP) is 2.29. The minimum Gasteiger partial charge on any atom is -0.335 e. The molecule has 20 heavy (non-hydrogen) atoms. The molecule has 1 aromatic rings. The van der Waals surface area contributed by atoms with E-state index in [2.05, 4.69) is 9.58 Å². The first-order valence-electron chi connectivity index (χ1n) is 8.16. The van der Waals surface area contributed by atoms with E-state index in [1.165, 1.54) is 49.1 Å². The van der Waals surface area contributed by atoms with Crippen molar-refractivity contribution in [2.24, 2.45) is 5.92 Å².